The van der Waals surface area contributed by atoms with E-state index in [1.165, 1.54) is 6.20 Å². The fourth-order valence-corrected chi connectivity index (χ4v) is 4.88. The zero-order chi connectivity index (χ0) is 26.3. The Morgan fingerprint density at radius 2 is 1.47 bits per heavy atom. The Balaban J connectivity index is 1.36. The Hall–Kier alpha value is -4.24. The Morgan fingerprint density at radius 1 is 0.737 bits per heavy atom. The van der Waals surface area contributed by atoms with Gasteiger partial charge in [0.2, 0.25) is 0 Å². The molecule has 2 aliphatic rings. The second-order valence-corrected chi connectivity index (χ2v) is 9.47. The lowest BCUT2D eigenvalue weighted by atomic mass is 10.1. The van der Waals surface area contributed by atoms with E-state index >= 15 is 0 Å². The van der Waals surface area contributed by atoms with Crippen LogP contribution in [0.2, 0.25) is 0 Å². The van der Waals surface area contributed by atoms with Crippen LogP contribution in [0.5, 0.6) is 0 Å². The van der Waals surface area contributed by atoms with E-state index < -0.39 is 0 Å². The van der Waals surface area contributed by atoms with Crippen LogP contribution in [-0.2, 0) is 0 Å². The quantitative estimate of drug-likeness (QED) is 0.546. The molecule has 3 amide bonds. The van der Waals surface area contributed by atoms with Crippen LogP contribution >= 0.6 is 0 Å². The second kappa shape index (κ2) is 11.9. The van der Waals surface area contributed by atoms with Gasteiger partial charge in [0.05, 0.1) is 16.9 Å². The van der Waals surface area contributed by atoms with Crippen LogP contribution in [0.25, 0.3) is 0 Å². The van der Waals surface area contributed by atoms with Gasteiger partial charge in [-0.15, -0.1) is 0 Å². The molecule has 1 aromatic heterocycles. The first-order valence-electron chi connectivity index (χ1n) is 13.0. The monoisotopic (exact) mass is 512 g/mol. The minimum absolute atomic E-state index is 0.0169. The van der Waals surface area contributed by atoms with Crippen molar-refractivity contribution in [3.63, 3.8) is 0 Å². The van der Waals surface area contributed by atoms with Crippen LogP contribution in [0, 0.1) is 0 Å². The Morgan fingerprint density at radius 3 is 2.24 bits per heavy atom. The molecule has 9 nitrogen and oxygen atoms in total. The molecule has 2 aromatic carbocycles. The van der Waals surface area contributed by atoms with Gasteiger partial charge >= 0.3 is 0 Å². The van der Waals surface area contributed by atoms with Crippen molar-refractivity contribution in [3.8, 4) is 0 Å². The number of benzene rings is 2. The molecule has 0 unspecified atom stereocenters. The molecule has 9 heteroatoms. The topological polar surface area (TPSA) is 97.9 Å². The van der Waals surface area contributed by atoms with Gasteiger partial charge in [0, 0.05) is 69.3 Å². The molecule has 38 heavy (non-hydrogen) atoms. The van der Waals surface area contributed by atoms with Crippen molar-refractivity contribution in [1.82, 2.24) is 20.1 Å². The maximum atomic E-state index is 13.3. The molecule has 0 bridgehead atoms. The van der Waals surface area contributed by atoms with E-state index in [4.69, 9.17) is 0 Å². The van der Waals surface area contributed by atoms with Crippen molar-refractivity contribution in [2.45, 2.75) is 6.42 Å². The molecule has 2 aliphatic heterocycles. The van der Waals surface area contributed by atoms with Crippen molar-refractivity contribution in [3.05, 3.63) is 89.7 Å². The first-order chi connectivity index (χ1) is 18.6. The van der Waals surface area contributed by atoms with E-state index in [1.54, 1.807) is 24.4 Å². The smallest absolute Gasteiger partial charge is 0.257 e. The number of piperazine rings is 1. The summed E-state index contributed by atoms with van der Waals surface area (Å²) in [4.78, 5) is 49.2. The van der Waals surface area contributed by atoms with E-state index in [0.29, 0.717) is 61.6 Å². The molecular weight excluding hydrogens is 480 g/mol. The van der Waals surface area contributed by atoms with Gasteiger partial charge in [-0.2, -0.15) is 0 Å². The summed E-state index contributed by atoms with van der Waals surface area (Å²) in [6.07, 6.45) is 4.04. The molecule has 2 N–H and O–H groups in total. The molecule has 0 radical (unpaired) electrons. The molecule has 0 saturated carbocycles. The zero-order valence-corrected chi connectivity index (χ0v) is 21.3. The number of nitrogens with one attached hydrogen (secondary N) is 2. The lowest BCUT2D eigenvalue weighted by Gasteiger charge is -2.37. The van der Waals surface area contributed by atoms with Gasteiger partial charge in [-0.25, -0.2) is 0 Å². The normalized spacial score (nSPS) is 16.1. The highest BCUT2D eigenvalue weighted by molar-refractivity contribution is 6.07. The number of rotatable bonds is 5. The standard InChI is InChI=1S/C29H32N6O3/c36-27(24-8-4-11-31-21-24)32-25-20-23(29(38)34-14-5-12-30-13-15-34)9-10-26(25)33-16-18-35(19-17-33)28(37)22-6-2-1-3-7-22/h1-4,6-11,20-21,30H,5,12-19H2,(H,32,36). The minimum Gasteiger partial charge on any atom is -0.366 e. The first-order valence-corrected chi connectivity index (χ1v) is 13.0. The lowest BCUT2D eigenvalue weighted by Crippen LogP contribution is -2.49. The number of aromatic nitrogens is 1. The van der Waals surface area contributed by atoms with E-state index in [1.807, 2.05) is 52.3 Å². The van der Waals surface area contributed by atoms with Gasteiger partial charge in [0.1, 0.15) is 0 Å². The predicted octanol–water partition coefficient (Wildman–Crippen LogP) is 2.73. The van der Waals surface area contributed by atoms with Crippen LogP contribution in [0.4, 0.5) is 11.4 Å². The maximum Gasteiger partial charge on any atom is 0.257 e. The molecule has 3 heterocycles. The average molecular weight is 513 g/mol. The van der Waals surface area contributed by atoms with E-state index in [-0.39, 0.29) is 17.7 Å². The highest BCUT2D eigenvalue weighted by Gasteiger charge is 2.25. The third kappa shape index (κ3) is 5.84. The highest BCUT2D eigenvalue weighted by atomic mass is 16.2. The minimum atomic E-state index is -0.291. The van der Waals surface area contributed by atoms with Crippen LogP contribution < -0.4 is 15.5 Å². The Kier molecular flexibility index (Phi) is 7.94. The molecule has 0 aliphatic carbocycles. The number of anilines is 2. The summed E-state index contributed by atoms with van der Waals surface area (Å²) < 4.78 is 0. The lowest BCUT2D eigenvalue weighted by molar-refractivity contribution is 0.0743. The van der Waals surface area contributed by atoms with Crippen molar-refractivity contribution in [1.29, 1.82) is 0 Å². The number of carbonyl (C=O) groups is 3. The van der Waals surface area contributed by atoms with Crippen molar-refractivity contribution < 1.29 is 14.4 Å². The van der Waals surface area contributed by atoms with Crippen LogP contribution in [0.15, 0.2) is 73.1 Å². The zero-order valence-electron chi connectivity index (χ0n) is 21.3. The number of carbonyl (C=O) groups excluding carboxylic acids is 3. The van der Waals surface area contributed by atoms with E-state index in [2.05, 4.69) is 20.5 Å². The van der Waals surface area contributed by atoms with Crippen LogP contribution in [0.3, 0.4) is 0 Å². The summed E-state index contributed by atoms with van der Waals surface area (Å²) in [5.41, 5.74) is 3.04. The van der Waals surface area contributed by atoms with Gasteiger partial charge < -0.3 is 25.3 Å². The summed E-state index contributed by atoms with van der Waals surface area (Å²) in [5, 5.41) is 6.33. The number of hydrogen-bond acceptors (Lipinski definition) is 6. The van der Waals surface area contributed by atoms with Crippen LogP contribution in [0.1, 0.15) is 37.5 Å². The third-order valence-corrected chi connectivity index (χ3v) is 6.97. The molecule has 2 fully saturated rings. The number of amides is 3. The molecule has 196 valence electrons. The number of pyridine rings is 1. The molecule has 0 spiro atoms. The van der Waals surface area contributed by atoms with Crippen molar-refractivity contribution in [2.75, 3.05) is 62.6 Å². The Labute approximate surface area is 222 Å². The fraction of sp³-hybridized carbons (Fsp3) is 0.310. The second-order valence-electron chi connectivity index (χ2n) is 9.47. The molecule has 2 saturated heterocycles. The SMILES string of the molecule is O=C(Nc1cc(C(=O)N2CCCNCC2)ccc1N1CCN(C(=O)c2ccccc2)CC1)c1cccnc1. The maximum absolute atomic E-state index is 13.3. The molecular formula is C29H32N6O3. The average Bonchev–Trinajstić information content (AvgIpc) is 3.27. The summed E-state index contributed by atoms with van der Waals surface area (Å²) in [7, 11) is 0. The predicted molar refractivity (Wildman–Crippen MR) is 147 cm³/mol. The summed E-state index contributed by atoms with van der Waals surface area (Å²) in [5.74, 6) is -0.320. The number of hydrogen-bond donors (Lipinski definition) is 2. The van der Waals surface area contributed by atoms with Gasteiger partial charge in [0.25, 0.3) is 17.7 Å². The molecule has 3 aromatic rings. The first kappa shape index (κ1) is 25.4. The highest BCUT2D eigenvalue weighted by Crippen LogP contribution is 2.30. The van der Waals surface area contributed by atoms with Crippen molar-refractivity contribution >= 4 is 29.1 Å². The van der Waals surface area contributed by atoms with Gasteiger partial charge in [-0.05, 0) is 55.4 Å². The molecule has 5 rings (SSSR count). The van der Waals surface area contributed by atoms with E-state index in [0.717, 1.165) is 25.2 Å². The summed E-state index contributed by atoms with van der Waals surface area (Å²) in [6.45, 7) is 5.35. The fourth-order valence-electron chi connectivity index (χ4n) is 4.88. The van der Waals surface area contributed by atoms with Gasteiger partial charge in [-0.1, -0.05) is 18.2 Å². The Bertz CT molecular complexity index is 1270. The van der Waals surface area contributed by atoms with Crippen LogP contribution in [-0.4, -0.2) is 84.9 Å². The van der Waals surface area contributed by atoms with E-state index in [9.17, 15) is 14.4 Å². The number of nitrogens with zero attached hydrogens (tertiary/aromatic N) is 4. The molecule has 0 atom stereocenters. The van der Waals surface area contributed by atoms with Gasteiger partial charge in [0.15, 0.2) is 0 Å². The van der Waals surface area contributed by atoms with Gasteiger partial charge in [-0.3, -0.25) is 19.4 Å². The summed E-state index contributed by atoms with van der Waals surface area (Å²) in [6, 6.07) is 18.2. The summed E-state index contributed by atoms with van der Waals surface area (Å²) >= 11 is 0. The van der Waals surface area contributed by atoms with Crippen molar-refractivity contribution in [2.24, 2.45) is 0 Å². The third-order valence-electron chi connectivity index (χ3n) is 6.97. The largest absolute Gasteiger partial charge is 0.366 e.